The second-order valence-corrected chi connectivity index (χ2v) is 8.56. The van der Waals surface area contributed by atoms with Crippen LogP contribution < -0.4 is 20.2 Å². The predicted octanol–water partition coefficient (Wildman–Crippen LogP) is 2.35. The van der Waals surface area contributed by atoms with Crippen LogP contribution in [0.2, 0.25) is 0 Å². The molecule has 0 saturated heterocycles. The first-order chi connectivity index (χ1) is 15.0. The normalized spacial score (nSPS) is 11.1. The van der Waals surface area contributed by atoms with Crippen LogP contribution in [0.5, 0.6) is 5.75 Å². The summed E-state index contributed by atoms with van der Waals surface area (Å²) in [6.45, 7) is 1.76. The summed E-state index contributed by atoms with van der Waals surface area (Å²) in [5.41, 5.74) is 1.95. The molecule has 2 aromatic carbocycles. The Kier molecular flexibility index (Phi) is 6.25. The van der Waals surface area contributed by atoms with Gasteiger partial charge in [0.15, 0.2) is 5.75 Å². The minimum atomic E-state index is -3.93. The monoisotopic (exact) mass is 455 g/mol. The topological polar surface area (TPSA) is 132 Å². The summed E-state index contributed by atoms with van der Waals surface area (Å²) >= 11 is 0. The zero-order valence-electron chi connectivity index (χ0n) is 17.6. The minimum Gasteiger partial charge on any atom is -0.422 e. The molecule has 1 aromatic heterocycles. The summed E-state index contributed by atoms with van der Waals surface area (Å²) in [5.74, 6) is 2.59. The van der Waals surface area contributed by atoms with Crippen LogP contribution in [0.15, 0.2) is 45.6 Å². The van der Waals surface area contributed by atoms with Crippen molar-refractivity contribution in [3.63, 3.8) is 0 Å². The van der Waals surface area contributed by atoms with Gasteiger partial charge in [0.2, 0.25) is 0 Å². The number of hydrogen-bond acceptors (Lipinski definition) is 6. The van der Waals surface area contributed by atoms with Crippen LogP contribution in [0.3, 0.4) is 0 Å². The average Bonchev–Trinajstić information content (AvgIpc) is 2.69. The average molecular weight is 455 g/mol. The van der Waals surface area contributed by atoms with Gasteiger partial charge in [0, 0.05) is 37.5 Å². The lowest BCUT2D eigenvalue weighted by Gasteiger charge is -2.14. The van der Waals surface area contributed by atoms with Crippen molar-refractivity contribution in [3.05, 3.63) is 69.1 Å². The molecule has 1 heterocycles. The van der Waals surface area contributed by atoms with E-state index in [1.54, 1.807) is 37.3 Å². The van der Waals surface area contributed by atoms with Gasteiger partial charge >= 0.3 is 11.7 Å². The summed E-state index contributed by atoms with van der Waals surface area (Å²) < 4.78 is 35.5. The van der Waals surface area contributed by atoms with Gasteiger partial charge in [-0.15, -0.1) is 6.42 Å². The number of anilines is 1. The Morgan fingerprint density at radius 1 is 1.28 bits per heavy atom. The molecule has 0 aliphatic carbocycles. The Hall–Kier alpha value is -3.81. The molecule has 0 saturated carbocycles. The fourth-order valence-corrected chi connectivity index (χ4v) is 3.57. The standard InChI is InChI=1S/C22H21N3O6S/c1-5-15-11-17-13(2)18(10-14-7-6-8-16(9-14)24-32(23,28)29)21(26)30-20(17)12-19(15)31-22(27)25(3)4/h1,6-9,11-12,24H,10H2,2-4H3,(H2,23,28,29). The second kappa shape index (κ2) is 8.74. The molecule has 10 heteroatoms. The number of nitrogens with one attached hydrogen (secondary N) is 1. The lowest BCUT2D eigenvalue weighted by atomic mass is 9.98. The number of terminal acetylenes is 1. The van der Waals surface area contributed by atoms with Gasteiger partial charge in [0.25, 0.3) is 10.2 Å². The van der Waals surface area contributed by atoms with Crippen LogP contribution in [-0.4, -0.2) is 33.5 Å². The molecular weight excluding hydrogens is 434 g/mol. The third-order valence-electron chi connectivity index (χ3n) is 4.67. The Morgan fingerprint density at radius 2 is 2.00 bits per heavy atom. The molecule has 0 atom stereocenters. The smallest absolute Gasteiger partial charge is 0.414 e. The van der Waals surface area contributed by atoms with Crippen molar-refractivity contribution in [1.29, 1.82) is 0 Å². The molecule has 0 unspecified atom stereocenters. The van der Waals surface area contributed by atoms with E-state index in [9.17, 15) is 18.0 Å². The van der Waals surface area contributed by atoms with Gasteiger partial charge in [-0.1, -0.05) is 18.1 Å². The molecule has 166 valence electrons. The number of rotatable bonds is 5. The maximum atomic E-state index is 12.7. The lowest BCUT2D eigenvalue weighted by Crippen LogP contribution is -2.25. The Morgan fingerprint density at radius 3 is 2.62 bits per heavy atom. The Labute approximate surface area is 185 Å². The molecular formula is C22H21N3O6S. The number of nitrogens with two attached hydrogens (primary N) is 1. The number of nitrogens with zero attached hydrogens (tertiary/aromatic N) is 1. The van der Waals surface area contributed by atoms with Crippen molar-refractivity contribution >= 4 is 33.0 Å². The van der Waals surface area contributed by atoms with E-state index in [-0.39, 0.29) is 23.4 Å². The highest BCUT2D eigenvalue weighted by Crippen LogP contribution is 2.29. The number of hydrogen-bond donors (Lipinski definition) is 2. The number of carbonyl (C=O) groups excluding carboxylic acids is 1. The van der Waals surface area contributed by atoms with Crippen molar-refractivity contribution < 1.29 is 22.4 Å². The number of ether oxygens (including phenoxy) is 1. The molecule has 9 nitrogen and oxygen atoms in total. The van der Waals surface area contributed by atoms with Crippen molar-refractivity contribution in [3.8, 4) is 18.1 Å². The number of aryl methyl sites for hydroxylation is 1. The van der Waals surface area contributed by atoms with E-state index < -0.39 is 21.9 Å². The van der Waals surface area contributed by atoms with Crippen molar-refractivity contribution in [2.45, 2.75) is 13.3 Å². The summed E-state index contributed by atoms with van der Waals surface area (Å²) in [6, 6.07) is 9.54. The highest BCUT2D eigenvalue weighted by molar-refractivity contribution is 7.90. The highest BCUT2D eigenvalue weighted by atomic mass is 32.2. The zero-order chi connectivity index (χ0) is 23.6. The van der Waals surface area contributed by atoms with Crippen molar-refractivity contribution in [1.82, 2.24) is 4.90 Å². The molecule has 0 aliphatic heterocycles. The van der Waals surface area contributed by atoms with Gasteiger partial charge in [0.1, 0.15) is 5.58 Å². The molecule has 0 spiro atoms. The molecule has 3 rings (SSSR count). The first kappa shape index (κ1) is 22.9. The number of fused-ring (bicyclic) bond motifs is 1. The maximum Gasteiger partial charge on any atom is 0.414 e. The van der Waals surface area contributed by atoms with E-state index in [1.165, 1.54) is 25.1 Å². The van der Waals surface area contributed by atoms with Crippen LogP contribution in [0.25, 0.3) is 11.0 Å². The maximum absolute atomic E-state index is 12.7. The molecule has 0 fully saturated rings. The SMILES string of the molecule is C#Cc1cc2c(C)c(Cc3cccc(NS(N)(=O)=O)c3)c(=O)oc2cc1OC(=O)N(C)C. The number of carbonyl (C=O) groups is 1. The molecule has 1 amide bonds. The van der Waals surface area contributed by atoms with Crippen LogP contribution in [0.1, 0.15) is 22.3 Å². The predicted molar refractivity (Wildman–Crippen MR) is 121 cm³/mol. The number of amides is 1. The first-order valence-electron chi connectivity index (χ1n) is 9.34. The van der Waals surface area contributed by atoms with E-state index in [1.807, 2.05) is 0 Å². The van der Waals surface area contributed by atoms with E-state index in [4.69, 9.17) is 20.7 Å². The van der Waals surface area contributed by atoms with Crippen molar-refractivity contribution in [2.24, 2.45) is 5.14 Å². The van der Waals surface area contributed by atoms with Gasteiger partial charge < -0.3 is 14.1 Å². The van der Waals surface area contributed by atoms with Gasteiger partial charge in [0.05, 0.1) is 11.3 Å². The fraction of sp³-hybridized carbons (Fsp3) is 0.182. The summed E-state index contributed by atoms with van der Waals surface area (Å²) in [4.78, 5) is 25.9. The van der Waals surface area contributed by atoms with E-state index in [0.717, 1.165) is 0 Å². The molecule has 0 aliphatic rings. The molecule has 0 radical (unpaired) electrons. The summed E-state index contributed by atoms with van der Waals surface area (Å²) in [5, 5.41) is 5.61. The molecule has 32 heavy (non-hydrogen) atoms. The van der Waals surface area contributed by atoms with Gasteiger partial charge in [-0.05, 0) is 36.2 Å². The quantitative estimate of drug-likeness (QED) is 0.448. The lowest BCUT2D eigenvalue weighted by molar-refractivity contribution is 0.172. The molecule has 3 aromatic rings. The summed E-state index contributed by atoms with van der Waals surface area (Å²) in [6.07, 6.45) is 5.16. The Balaban J connectivity index is 2.05. The fourth-order valence-electron chi connectivity index (χ4n) is 3.12. The highest BCUT2D eigenvalue weighted by Gasteiger charge is 2.17. The van der Waals surface area contributed by atoms with Gasteiger partial charge in [-0.2, -0.15) is 8.42 Å². The first-order valence-corrected chi connectivity index (χ1v) is 10.9. The van der Waals surface area contributed by atoms with Gasteiger partial charge in [-0.3, -0.25) is 4.72 Å². The van der Waals surface area contributed by atoms with Crippen molar-refractivity contribution in [2.75, 3.05) is 18.8 Å². The van der Waals surface area contributed by atoms with Gasteiger partial charge in [-0.25, -0.2) is 14.7 Å². The second-order valence-electron chi connectivity index (χ2n) is 7.27. The molecule has 0 bridgehead atoms. The van der Waals surface area contributed by atoms with Crippen LogP contribution in [-0.2, 0) is 16.6 Å². The van der Waals surface area contributed by atoms with E-state index >= 15 is 0 Å². The van der Waals surface area contributed by atoms with Crippen LogP contribution in [0, 0.1) is 19.3 Å². The number of benzene rings is 2. The van der Waals surface area contributed by atoms with Crippen LogP contribution >= 0.6 is 0 Å². The third-order valence-corrected chi connectivity index (χ3v) is 5.19. The molecule has 3 N–H and O–H groups in total. The zero-order valence-corrected chi connectivity index (χ0v) is 18.4. The van der Waals surface area contributed by atoms with E-state index in [0.29, 0.717) is 27.6 Å². The van der Waals surface area contributed by atoms with E-state index in [2.05, 4.69) is 10.6 Å². The minimum absolute atomic E-state index is 0.107. The Bertz CT molecular complexity index is 1420. The van der Waals surface area contributed by atoms with Crippen LogP contribution in [0.4, 0.5) is 10.5 Å². The largest absolute Gasteiger partial charge is 0.422 e. The third kappa shape index (κ3) is 5.08. The summed E-state index contributed by atoms with van der Waals surface area (Å²) in [7, 11) is -0.864.